The summed E-state index contributed by atoms with van der Waals surface area (Å²) in [6, 6.07) is 0. The number of carbonyl (C=O) groups is 4. The first kappa shape index (κ1) is 105. The highest BCUT2D eigenvalue weighted by molar-refractivity contribution is 7.47. The van der Waals surface area contributed by atoms with E-state index in [0.29, 0.717) is 31.6 Å². The van der Waals surface area contributed by atoms with Crippen LogP contribution < -0.4 is 0 Å². The number of esters is 4. The summed E-state index contributed by atoms with van der Waals surface area (Å²) in [7, 11) is -9.93. The lowest BCUT2D eigenvalue weighted by atomic mass is 10.0. The quantitative estimate of drug-likeness (QED) is 0.0222. The molecule has 0 aliphatic carbocycles. The zero-order valence-corrected chi connectivity index (χ0v) is 72.2. The highest BCUT2D eigenvalue weighted by Gasteiger charge is 2.30. The van der Waals surface area contributed by atoms with Crippen LogP contribution >= 0.6 is 15.6 Å². The molecule has 0 saturated heterocycles. The van der Waals surface area contributed by atoms with Crippen molar-refractivity contribution in [3.8, 4) is 0 Å². The van der Waals surface area contributed by atoms with Gasteiger partial charge in [0.15, 0.2) is 12.2 Å². The molecule has 0 radical (unpaired) electrons. The summed E-state index contributed by atoms with van der Waals surface area (Å²) in [5.74, 6) is -0.600. The molecule has 0 aliphatic heterocycles. The molecule has 0 heterocycles. The van der Waals surface area contributed by atoms with E-state index in [0.717, 1.165) is 102 Å². The van der Waals surface area contributed by atoms with Gasteiger partial charge in [-0.1, -0.05) is 420 Å². The van der Waals surface area contributed by atoms with Gasteiger partial charge in [-0.05, 0) is 37.5 Å². The van der Waals surface area contributed by atoms with Gasteiger partial charge in [0.05, 0.1) is 26.4 Å². The fourth-order valence-electron chi connectivity index (χ4n) is 13.8. The zero-order chi connectivity index (χ0) is 78.5. The van der Waals surface area contributed by atoms with Crippen molar-refractivity contribution in [2.45, 2.75) is 490 Å². The molecule has 5 atom stereocenters. The minimum atomic E-state index is -4.97. The first-order valence-electron chi connectivity index (χ1n) is 45.5. The minimum absolute atomic E-state index is 0.107. The Morgan fingerprint density at radius 1 is 0.252 bits per heavy atom. The van der Waals surface area contributed by atoms with Crippen LogP contribution in [0.4, 0.5) is 0 Å². The average molecular weight is 1560 g/mol. The van der Waals surface area contributed by atoms with Gasteiger partial charge in [-0.15, -0.1) is 0 Å². The van der Waals surface area contributed by atoms with Crippen molar-refractivity contribution in [1.29, 1.82) is 0 Å². The van der Waals surface area contributed by atoms with E-state index in [1.807, 2.05) is 0 Å². The number of rotatable bonds is 87. The summed E-state index contributed by atoms with van der Waals surface area (Å²) < 4.78 is 68.9. The first-order chi connectivity index (χ1) is 51.9. The number of ether oxygens (including phenoxy) is 4. The smallest absolute Gasteiger partial charge is 0.462 e. The van der Waals surface area contributed by atoms with Crippen molar-refractivity contribution in [1.82, 2.24) is 0 Å². The number of hydrogen-bond acceptors (Lipinski definition) is 15. The lowest BCUT2D eigenvalue weighted by molar-refractivity contribution is -0.161. The van der Waals surface area contributed by atoms with Crippen LogP contribution in [0.25, 0.3) is 0 Å². The van der Waals surface area contributed by atoms with E-state index < -0.39 is 97.5 Å². The van der Waals surface area contributed by atoms with E-state index >= 15 is 0 Å². The molecule has 636 valence electrons. The molecular weight excluding hydrogens is 1390 g/mol. The standard InChI is InChI=1S/C88H172O17P2/c1-7-9-11-13-15-17-19-21-23-24-25-26-27-28-33-37-41-45-49-53-61-67-72-87(92)104-83(76-98-85(90)70-64-58-51-47-43-39-36-32-30-29-31-35-38-42-46-50-56-62-68-80(3)4)78-102-106(94,95)100-74-82(89)75-101-107(96,97)103-79-84(77-99-86(91)71-65-59-55-54-57-63-69-81(5)6)105-88(93)73-66-60-52-48-44-40-34-22-20-18-16-14-12-10-8-2/h80-84,89H,7-79H2,1-6H3,(H,94,95)(H,96,97)/t82-,83-,84-/m1/s1. The second-order valence-electron chi connectivity index (χ2n) is 32.6. The van der Waals surface area contributed by atoms with Crippen LogP contribution in [0.1, 0.15) is 472 Å². The molecule has 0 bridgehead atoms. The second kappa shape index (κ2) is 79.3. The number of hydrogen-bond donors (Lipinski definition) is 3. The molecule has 3 N–H and O–H groups in total. The molecule has 0 rings (SSSR count). The zero-order valence-electron chi connectivity index (χ0n) is 70.5. The molecule has 107 heavy (non-hydrogen) atoms. The summed E-state index contributed by atoms with van der Waals surface area (Å²) in [6.07, 6.45) is 72.6. The first-order valence-corrected chi connectivity index (χ1v) is 48.5. The Bertz CT molecular complexity index is 2050. The second-order valence-corrected chi connectivity index (χ2v) is 35.5. The summed E-state index contributed by atoms with van der Waals surface area (Å²) in [5, 5.41) is 10.7. The fraction of sp³-hybridized carbons (Fsp3) is 0.955. The topological polar surface area (TPSA) is 237 Å². The van der Waals surface area contributed by atoms with E-state index in [9.17, 15) is 43.2 Å². The van der Waals surface area contributed by atoms with Crippen LogP contribution in [0.2, 0.25) is 0 Å². The lowest BCUT2D eigenvalue weighted by Crippen LogP contribution is -2.30. The van der Waals surface area contributed by atoms with Crippen LogP contribution in [0, 0.1) is 11.8 Å². The number of unbranched alkanes of at least 4 members (excludes halogenated alkanes) is 57. The predicted octanol–water partition coefficient (Wildman–Crippen LogP) is 27.0. The monoisotopic (exact) mass is 1560 g/mol. The largest absolute Gasteiger partial charge is 0.472 e. The Hall–Kier alpha value is -1.94. The normalized spacial score (nSPS) is 13.8. The number of aliphatic hydroxyl groups is 1. The molecule has 0 saturated carbocycles. The van der Waals surface area contributed by atoms with E-state index in [4.69, 9.17) is 37.0 Å². The molecule has 0 aromatic rings. The molecule has 0 fully saturated rings. The van der Waals surface area contributed by atoms with Crippen LogP contribution in [0.3, 0.4) is 0 Å². The molecule has 0 aliphatic rings. The maximum atomic E-state index is 13.2. The number of phosphoric ester groups is 2. The van der Waals surface area contributed by atoms with Gasteiger partial charge in [-0.2, -0.15) is 0 Å². The summed E-state index contributed by atoms with van der Waals surface area (Å²) in [4.78, 5) is 73.2. The van der Waals surface area contributed by atoms with Crippen molar-refractivity contribution < 1.29 is 80.2 Å². The van der Waals surface area contributed by atoms with Crippen molar-refractivity contribution >= 4 is 39.5 Å². The van der Waals surface area contributed by atoms with E-state index in [2.05, 4.69) is 41.5 Å². The third kappa shape index (κ3) is 81.9. The van der Waals surface area contributed by atoms with Gasteiger partial charge in [0.25, 0.3) is 0 Å². The highest BCUT2D eigenvalue weighted by Crippen LogP contribution is 2.45. The number of carbonyl (C=O) groups excluding carboxylic acids is 4. The molecule has 0 aromatic heterocycles. The molecule has 0 amide bonds. The van der Waals surface area contributed by atoms with E-state index in [1.165, 1.54) is 283 Å². The van der Waals surface area contributed by atoms with Crippen molar-refractivity contribution in [2.75, 3.05) is 39.6 Å². The Morgan fingerprint density at radius 3 is 0.636 bits per heavy atom. The Kier molecular flexibility index (Phi) is 77.9. The molecule has 0 aromatic carbocycles. The van der Waals surface area contributed by atoms with Crippen LogP contribution in [0.5, 0.6) is 0 Å². The van der Waals surface area contributed by atoms with Gasteiger partial charge in [0.1, 0.15) is 19.3 Å². The van der Waals surface area contributed by atoms with E-state index in [1.54, 1.807) is 0 Å². The molecule has 19 heteroatoms. The Balaban J connectivity index is 5.19. The minimum Gasteiger partial charge on any atom is -0.462 e. The average Bonchev–Trinajstić information content (AvgIpc) is 0.913. The van der Waals surface area contributed by atoms with Gasteiger partial charge >= 0.3 is 39.5 Å². The molecule has 2 unspecified atom stereocenters. The maximum absolute atomic E-state index is 13.2. The Morgan fingerprint density at radius 2 is 0.430 bits per heavy atom. The van der Waals surface area contributed by atoms with Crippen LogP contribution in [-0.2, 0) is 65.4 Å². The highest BCUT2D eigenvalue weighted by atomic mass is 31.2. The lowest BCUT2D eigenvalue weighted by Gasteiger charge is -2.21. The summed E-state index contributed by atoms with van der Waals surface area (Å²) in [6.45, 7) is 9.63. The third-order valence-corrected chi connectivity index (χ3v) is 22.6. The number of aliphatic hydroxyl groups excluding tert-OH is 1. The maximum Gasteiger partial charge on any atom is 0.472 e. The van der Waals surface area contributed by atoms with Gasteiger partial charge in [0, 0.05) is 25.7 Å². The van der Waals surface area contributed by atoms with Crippen molar-refractivity contribution in [2.24, 2.45) is 11.8 Å². The molecule has 0 spiro atoms. The molecular formula is C88H172O17P2. The summed E-state index contributed by atoms with van der Waals surface area (Å²) >= 11 is 0. The Labute approximate surface area is 658 Å². The van der Waals surface area contributed by atoms with Gasteiger partial charge in [0.2, 0.25) is 0 Å². The van der Waals surface area contributed by atoms with Gasteiger partial charge < -0.3 is 33.8 Å². The SMILES string of the molecule is CCCCCCCCCCCCCCCCCCCCCCCCC(=O)O[C@H](COC(=O)CCCCCCCCCCCCCCCCCCCCC(C)C)COP(=O)(O)OC[C@@H](O)COP(=O)(O)OC[C@@H](COC(=O)CCCCCCCCC(C)C)OC(=O)CCCCCCCCCCCCCCCCC. The van der Waals surface area contributed by atoms with Crippen LogP contribution in [0.15, 0.2) is 0 Å². The van der Waals surface area contributed by atoms with Crippen molar-refractivity contribution in [3.05, 3.63) is 0 Å². The third-order valence-electron chi connectivity index (χ3n) is 20.7. The predicted molar refractivity (Wildman–Crippen MR) is 442 cm³/mol. The molecule has 17 nitrogen and oxygen atoms in total. The van der Waals surface area contributed by atoms with Crippen LogP contribution in [-0.4, -0.2) is 96.7 Å². The number of phosphoric acid groups is 2. The van der Waals surface area contributed by atoms with Gasteiger partial charge in [-0.3, -0.25) is 37.3 Å². The summed E-state index contributed by atoms with van der Waals surface area (Å²) in [5.41, 5.74) is 0. The van der Waals surface area contributed by atoms with Gasteiger partial charge in [-0.25, -0.2) is 9.13 Å². The fourth-order valence-corrected chi connectivity index (χ4v) is 15.4. The van der Waals surface area contributed by atoms with Crippen molar-refractivity contribution in [3.63, 3.8) is 0 Å². The van der Waals surface area contributed by atoms with E-state index in [-0.39, 0.29) is 25.7 Å².